The van der Waals surface area contributed by atoms with Gasteiger partial charge < -0.3 is 14.6 Å². The summed E-state index contributed by atoms with van der Waals surface area (Å²) >= 11 is 0. The van der Waals surface area contributed by atoms with Gasteiger partial charge in [0, 0.05) is 5.92 Å². The molecule has 0 spiro atoms. The highest BCUT2D eigenvalue weighted by Gasteiger charge is 2.44. The first-order valence-corrected chi connectivity index (χ1v) is 7.86. The molecule has 1 N–H and O–H groups in total. The van der Waals surface area contributed by atoms with E-state index in [4.69, 9.17) is 4.52 Å². The molecule has 1 aliphatic rings. The lowest BCUT2D eigenvalue weighted by Crippen LogP contribution is -2.35. The summed E-state index contributed by atoms with van der Waals surface area (Å²) in [6, 6.07) is 4.17. The highest BCUT2D eigenvalue weighted by atomic mass is 19.3. The first-order valence-electron chi connectivity index (χ1n) is 7.86. The van der Waals surface area contributed by atoms with Gasteiger partial charge >= 0.3 is 12.5 Å². The number of alkyl halides is 4. The van der Waals surface area contributed by atoms with Crippen molar-refractivity contribution >= 4 is 5.91 Å². The normalized spacial score (nSPS) is 15.8. The van der Waals surface area contributed by atoms with Gasteiger partial charge in [0.05, 0.1) is 5.56 Å². The second kappa shape index (κ2) is 6.93. The number of rotatable bonds is 7. The fourth-order valence-corrected chi connectivity index (χ4v) is 2.20. The molecule has 1 atom stereocenters. The molecule has 0 saturated heterocycles. The minimum Gasteiger partial charge on any atom is -0.427 e. The molecule has 0 unspecified atom stereocenters. The molecule has 1 aliphatic carbocycles. The number of aromatic nitrogens is 2. The summed E-state index contributed by atoms with van der Waals surface area (Å²) in [7, 11) is 0. The first kappa shape index (κ1) is 18.2. The number of nitrogens with zero attached hydrogens (tertiary/aromatic N) is 2. The Kier molecular flexibility index (Phi) is 4.84. The molecule has 0 radical (unpaired) electrons. The number of benzene rings is 1. The van der Waals surface area contributed by atoms with Gasteiger partial charge in [-0.25, -0.2) is 0 Å². The van der Waals surface area contributed by atoms with Gasteiger partial charge in [0.1, 0.15) is 11.8 Å². The lowest BCUT2D eigenvalue weighted by Gasteiger charge is -2.19. The van der Waals surface area contributed by atoms with Crippen LogP contribution in [-0.2, 0) is 0 Å². The molecule has 1 fully saturated rings. The van der Waals surface area contributed by atoms with E-state index in [0.29, 0.717) is 5.82 Å². The van der Waals surface area contributed by atoms with E-state index in [0.717, 1.165) is 18.9 Å². The number of amides is 1. The number of halogens is 4. The van der Waals surface area contributed by atoms with Crippen molar-refractivity contribution in [2.75, 3.05) is 0 Å². The minimum atomic E-state index is -4.71. The van der Waals surface area contributed by atoms with Crippen LogP contribution in [0.25, 0.3) is 0 Å². The summed E-state index contributed by atoms with van der Waals surface area (Å²) in [6.45, 7) is 1.57. The van der Waals surface area contributed by atoms with Gasteiger partial charge in [-0.05, 0) is 31.9 Å². The predicted octanol–water partition coefficient (Wildman–Crippen LogP) is 3.67. The number of carbonyl (C=O) groups excluding carboxylic acids is 1. The van der Waals surface area contributed by atoms with Crippen LogP contribution < -0.4 is 10.1 Å². The van der Waals surface area contributed by atoms with E-state index in [-0.39, 0.29) is 17.4 Å². The maximum Gasteiger partial charge on any atom is 0.461 e. The number of hydrogen-bond donors (Lipinski definition) is 1. The number of carbonyl (C=O) groups is 1. The Morgan fingerprint density at radius 2 is 2.04 bits per heavy atom. The average Bonchev–Trinajstić information content (AvgIpc) is 3.31. The van der Waals surface area contributed by atoms with Crippen LogP contribution in [0.2, 0.25) is 0 Å². The third kappa shape index (κ3) is 3.94. The third-order valence-electron chi connectivity index (χ3n) is 3.75. The SMILES string of the molecule is C[C@@H](NC(=O)c1ccccc1OC(F)(F)C(F)F)c1nc(C2CC2)no1. The van der Waals surface area contributed by atoms with Crippen LogP contribution in [0.4, 0.5) is 17.6 Å². The third-order valence-corrected chi connectivity index (χ3v) is 3.75. The quantitative estimate of drug-likeness (QED) is 0.750. The van der Waals surface area contributed by atoms with Crippen molar-refractivity contribution in [3.8, 4) is 5.75 Å². The maximum absolute atomic E-state index is 13.2. The van der Waals surface area contributed by atoms with Gasteiger partial charge in [0.15, 0.2) is 5.82 Å². The Balaban J connectivity index is 1.72. The van der Waals surface area contributed by atoms with Crippen molar-refractivity contribution in [3.63, 3.8) is 0 Å². The van der Waals surface area contributed by atoms with Crippen molar-refractivity contribution in [1.29, 1.82) is 0 Å². The van der Waals surface area contributed by atoms with Crippen LogP contribution in [0.15, 0.2) is 28.8 Å². The Hall–Kier alpha value is -2.65. The highest BCUT2D eigenvalue weighted by molar-refractivity contribution is 5.97. The molecular formula is C16H15F4N3O3. The molecule has 10 heteroatoms. The number of para-hydroxylation sites is 1. The molecule has 6 nitrogen and oxygen atoms in total. The van der Waals surface area contributed by atoms with Crippen LogP contribution in [0.5, 0.6) is 5.75 Å². The molecule has 0 bridgehead atoms. The van der Waals surface area contributed by atoms with Crippen molar-refractivity contribution < 1.29 is 31.6 Å². The predicted molar refractivity (Wildman–Crippen MR) is 80.2 cm³/mol. The summed E-state index contributed by atoms with van der Waals surface area (Å²) < 4.78 is 60.1. The molecule has 1 saturated carbocycles. The summed E-state index contributed by atoms with van der Waals surface area (Å²) in [6.07, 6.45) is -6.80. The lowest BCUT2D eigenvalue weighted by atomic mass is 10.1. The minimum absolute atomic E-state index is 0.163. The van der Waals surface area contributed by atoms with E-state index in [1.807, 2.05) is 0 Å². The molecule has 26 heavy (non-hydrogen) atoms. The van der Waals surface area contributed by atoms with Crippen molar-refractivity contribution in [3.05, 3.63) is 41.5 Å². The van der Waals surface area contributed by atoms with Gasteiger partial charge in [0.2, 0.25) is 5.89 Å². The lowest BCUT2D eigenvalue weighted by molar-refractivity contribution is -0.253. The van der Waals surface area contributed by atoms with E-state index in [9.17, 15) is 22.4 Å². The highest BCUT2D eigenvalue weighted by Crippen LogP contribution is 2.38. The van der Waals surface area contributed by atoms with Gasteiger partial charge in [-0.3, -0.25) is 4.79 Å². The molecule has 140 valence electrons. The summed E-state index contributed by atoms with van der Waals surface area (Å²) in [4.78, 5) is 16.5. The first-order chi connectivity index (χ1) is 12.3. The molecule has 3 rings (SSSR count). The van der Waals surface area contributed by atoms with Crippen LogP contribution in [-0.4, -0.2) is 28.6 Å². The Labute approximate surface area is 145 Å². The largest absolute Gasteiger partial charge is 0.461 e. The van der Waals surface area contributed by atoms with E-state index >= 15 is 0 Å². The zero-order chi connectivity index (χ0) is 18.9. The van der Waals surface area contributed by atoms with E-state index in [1.165, 1.54) is 18.2 Å². The fourth-order valence-electron chi connectivity index (χ4n) is 2.20. The van der Waals surface area contributed by atoms with E-state index in [2.05, 4.69) is 20.2 Å². The van der Waals surface area contributed by atoms with Crippen LogP contribution >= 0.6 is 0 Å². The zero-order valence-electron chi connectivity index (χ0n) is 13.6. The van der Waals surface area contributed by atoms with Crippen LogP contribution in [0.3, 0.4) is 0 Å². The van der Waals surface area contributed by atoms with E-state index < -0.39 is 30.2 Å². The topological polar surface area (TPSA) is 77.2 Å². The average molecular weight is 373 g/mol. The smallest absolute Gasteiger partial charge is 0.427 e. The van der Waals surface area contributed by atoms with Gasteiger partial charge in [0.25, 0.3) is 5.91 Å². The second-order valence-electron chi connectivity index (χ2n) is 5.92. The van der Waals surface area contributed by atoms with Crippen LogP contribution in [0.1, 0.15) is 53.8 Å². The monoisotopic (exact) mass is 373 g/mol. The standard InChI is InChI=1S/C16H15F4N3O3/c1-8(14-22-12(23-26-14)9-6-7-9)21-13(24)10-4-2-3-5-11(10)25-16(19,20)15(17)18/h2-5,8-9,15H,6-7H2,1H3,(H,21,24)/t8-/m1/s1. The second-order valence-corrected chi connectivity index (χ2v) is 5.92. The summed E-state index contributed by atoms with van der Waals surface area (Å²) in [5.74, 6) is -0.477. The Bertz CT molecular complexity index is 793. The molecule has 1 heterocycles. The summed E-state index contributed by atoms with van der Waals surface area (Å²) in [5.41, 5.74) is -0.318. The zero-order valence-corrected chi connectivity index (χ0v) is 13.6. The molecule has 1 aromatic carbocycles. The molecule has 1 aromatic heterocycles. The Morgan fingerprint density at radius 1 is 1.35 bits per heavy atom. The van der Waals surface area contributed by atoms with E-state index in [1.54, 1.807) is 6.92 Å². The van der Waals surface area contributed by atoms with Gasteiger partial charge in [-0.1, -0.05) is 17.3 Å². The van der Waals surface area contributed by atoms with Gasteiger partial charge in [-0.15, -0.1) is 0 Å². The van der Waals surface area contributed by atoms with Gasteiger partial charge in [-0.2, -0.15) is 22.5 Å². The van der Waals surface area contributed by atoms with Crippen LogP contribution in [0, 0.1) is 0 Å². The Morgan fingerprint density at radius 3 is 2.69 bits per heavy atom. The van der Waals surface area contributed by atoms with Crippen molar-refractivity contribution in [2.45, 2.75) is 44.3 Å². The number of nitrogens with one attached hydrogen (secondary N) is 1. The molecule has 1 amide bonds. The maximum atomic E-state index is 13.2. The summed E-state index contributed by atoms with van der Waals surface area (Å²) in [5, 5.41) is 6.31. The molecule has 2 aromatic rings. The van der Waals surface area contributed by atoms with Crippen molar-refractivity contribution in [2.24, 2.45) is 0 Å². The number of hydrogen-bond acceptors (Lipinski definition) is 5. The van der Waals surface area contributed by atoms with Crippen molar-refractivity contribution in [1.82, 2.24) is 15.5 Å². The fraction of sp³-hybridized carbons (Fsp3) is 0.438. The number of ether oxygens (including phenoxy) is 1. The molecule has 0 aliphatic heterocycles. The molecular weight excluding hydrogens is 358 g/mol.